The van der Waals surface area contributed by atoms with Crippen LogP contribution < -0.4 is 0 Å². The van der Waals surface area contributed by atoms with E-state index in [0.717, 1.165) is 12.0 Å². The molecule has 1 N–H and O–H groups in total. The maximum Gasteiger partial charge on any atom is 0.268 e. The summed E-state index contributed by atoms with van der Waals surface area (Å²) >= 11 is 0. The smallest absolute Gasteiger partial charge is 0.268 e. The van der Waals surface area contributed by atoms with Crippen LogP contribution >= 0.6 is 0 Å². The number of benzene rings is 1. The molecule has 0 saturated carbocycles. The van der Waals surface area contributed by atoms with Crippen LogP contribution in [-0.4, -0.2) is 11.5 Å². The minimum atomic E-state index is -2.72. The summed E-state index contributed by atoms with van der Waals surface area (Å²) in [6.45, 7) is 4.20. The third kappa shape index (κ3) is 3.59. The molecule has 0 spiro atoms. The lowest BCUT2D eigenvalue weighted by Crippen LogP contribution is -2.07. The van der Waals surface area contributed by atoms with Crippen LogP contribution in [0, 0.1) is 5.92 Å². The number of aliphatic hydroxyl groups is 1. The molecule has 0 aromatic heterocycles. The topological polar surface area (TPSA) is 20.2 Å². The lowest BCUT2D eigenvalue weighted by atomic mass is 10.0. The third-order valence-electron chi connectivity index (χ3n) is 2.20. The van der Waals surface area contributed by atoms with Gasteiger partial charge in [0.15, 0.2) is 0 Å². The Morgan fingerprint density at radius 3 is 2.07 bits per heavy atom. The molecular formula is C12H16F2O. The molecule has 1 rings (SSSR count). The van der Waals surface area contributed by atoms with Crippen molar-refractivity contribution in [2.24, 2.45) is 5.92 Å². The van der Waals surface area contributed by atoms with E-state index in [1.54, 1.807) is 24.3 Å². The first-order valence-corrected chi connectivity index (χ1v) is 5.05. The Kier molecular flexibility index (Phi) is 4.21. The SMILES string of the molecule is CC(C)Cc1ccc(C(O)C(F)F)cc1. The van der Waals surface area contributed by atoms with Crippen molar-refractivity contribution in [2.75, 3.05) is 0 Å². The molecule has 1 aromatic carbocycles. The summed E-state index contributed by atoms with van der Waals surface area (Å²) in [6, 6.07) is 6.71. The second-order valence-corrected chi connectivity index (χ2v) is 4.12. The van der Waals surface area contributed by atoms with Gasteiger partial charge >= 0.3 is 0 Å². The van der Waals surface area contributed by atoms with E-state index in [0.29, 0.717) is 5.92 Å². The van der Waals surface area contributed by atoms with Gasteiger partial charge in [0, 0.05) is 0 Å². The summed E-state index contributed by atoms with van der Waals surface area (Å²) in [6.07, 6.45) is -3.47. The van der Waals surface area contributed by atoms with Crippen LogP contribution in [-0.2, 0) is 6.42 Å². The number of aliphatic hydroxyl groups excluding tert-OH is 1. The number of hydrogen-bond donors (Lipinski definition) is 1. The quantitative estimate of drug-likeness (QED) is 0.816. The molecule has 84 valence electrons. The fraction of sp³-hybridized carbons (Fsp3) is 0.500. The lowest BCUT2D eigenvalue weighted by Gasteiger charge is -2.11. The first-order chi connectivity index (χ1) is 7.00. The molecule has 0 amide bonds. The molecule has 0 fully saturated rings. The molecule has 0 aliphatic carbocycles. The molecular weight excluding hydrogens is 198 g/mol. The molecule has 1 atom stereocenters. The van der Waals surface area contributed by atoms with Gasteiger partial charge in [-0.15, -0.1) is 0 Å². The van der Waals surface area contributed by atoms with Crippen molar-refractivity contribution >= 4 is 0 Å². The van der Waals surface area contributed by atoms with Crippen LogP contribution in [0.4, 0.5) is 8.78 Å². The van der Waals surface area contributed by atoms with Gasteiger partial charge in [0.2, 0.25) is 0 Å². The average Bonchev–Trinajstić information content (AvgIpc) is 2.17. The van der Waals surface area contributed by atoms with Crippen molar-refractivity contribution in [1.29, 1.82) is 0 Å². The maximum absolute atomic E-state index is 12.2. The zero-order valence-corrected chi connectivity index (χ0v) is 8.95. The second kappa shape index (κ2) is 5.21. The van der Waals surface area contributed by atoms with Crippen molar-refractivity contribution in [3.05, 3.63) is 35.4 Å². The van der Waals surface area contributed by atoms with Crippen LogP contribution in [0.1, 0.15) is 31.1 Å². The van der Waals surface area contributed by atoms with Crippen molar-refractivity contribution in [2.45, 2.75) is 32.8 Å². The van der Waals surface area contributed by atoms with Gasteiger partial charge in [0.05, 0.1) is 0 Å². The number of rotatable bonds is 4. The highest BCUT2D eigenvalue weighted by molar-refractivity contribution is 5.24. The van der Waals surface area contributed by atoms with E-state index in [4.69, 9.17) is 5.11 Å². The van der Waals surface area contributed by atoms with E-state index in [1.807, 2.05) is 0 Å². The van der Waals surface area contributed by atoms with Crippen molar-refractivity contribution in [3.63, 3.8) is 0 Å². The molecule has 0 heterocycles. The van der Waals surface area contributed by atoms with Gasteiger partial charge in [-0.05, 0) is 23.5 Å². The summed E-state index contributed by atoms with van der Waals surface area (Å²) in [4.78, 5) is 0. The molecule has 0 radical (unpaired) electrons. The summed E-state index contributed by atoms with van der Waals surface area (Å²) in [7, 11) is 0. The summed E-state index contributed by atoms with van der Waals surface area (Å²) in [5.41, 5.74) is 1.38. The summed E-state index contributed by atoms with van der Waals surface area (Å²) in [5, 5.41) is 9.12. The van der Waals surface area contributed by atoms with E-state index in [9.17, 15) is 8.78 Å². The normalized spacial score (nSPS) is 13.5. The minimum absolute atomic E-state index is 0.275. The first-order valence-electron chi connectivity index (χ1n) is 5.05. The Hall–Kier alpha value is -0.960. The molecule has 15 heavy (non-hydrogen) atoms. The number of halogens is 2. The summed E-state index contributed by atoms with van der Waals surface area (Å²) in [5.74, 6) is 0.538. The third-order valence-corrected chi connectivity index (χ3v) is 2.20. The van der Waals surface area contributed by atoms with Crippen molar-refractivity contribution in [3.8, 4) is 0 Å². The molecule has 0 aliphatic heterocycles. The number of hydrogen-bond acceptors (Lipinski definition) is 1. The average molecular weight is 214 g/mol. The molecule has 0 bridgehead atoms. The van der Waals surface area contributed by atoms with Crippen LogP contribution in [0.3, 0.4) is 0 Å². The fourth-order valence-corrected chi connectivity index (χ4v) is 1.47. The summed E-state index contributed by atoms with van der Waals surface area (Å²) < 4.78 is 24.3. The van der Waals surface area contributed by atoms with Gasteiger partial charge in [0.1, 0.15) is 6.10 Å². The Balaban J connectivity index is 2.72. The van der Waals surface area contributed by atoms with E-state index < -0.39 is 12.5 Å². The molecule has 3 heteroatoms. The fourth-order valence-electron chi connectivity index (χ4n) is 1.47. The Labute approximate surface area is 88.7 Å². The van der Waals surface area contributed by atoms with Gasteiger partial charge in [0.25, 0.3) is 6.43 Å². The zero-order chi connectivity index (χ0) is 11.4. The van der Waals surface area contributed by atoms with Gasteiger partial charge in [-0.2, -0.15) is 0 Å². The molecule has 1 nitrogen and oxygen atoms in total. The van der Waals surface area contributed by atoms with Crippen LogP contribution in [0.15, 0.2) is 24.3 Å². The predicted molar refractivity (Wildman–Crippen MR) is 55.9 cm³/mol. The van der Waals surface area contributed by atoms with E-state index in [2.05, 4.69) is 13.8 Å². The van der Waals surface area contributed by atoms with E-state index >= 15 is 0 Å². The second-order valence-electron chi connectivity index (χ2n) is 4.12. The van der Waals surface area contributed by atoms with Crippen molar-refractivity contribution < 1.29 is 13.9 Å². The van der Waals surface area contributed by atoms with Crippen molar-refractivity contribution in [1.82, 2.24) is 0 Å². The van der Waals surface area contributed by atoms with Gasteiger partial charge < -0.3 is 5.11 Å². The standard InChI is InChI=1S/C12H16F2O/c1-8(2)7-9-3-5-10(6-4-9)11(15)12(13)14/h3-6,8,11-12,15H,7H2,1-2H3. The highest BCUT2D eigenvalue weighted by Gasteiger charge is 2.18. The largest absolute Gasteiger partial charge is 0.382 e. The Morgan fingerprint density at radius 2 is 1.67 bits per heavy atom. The van der Waals surface area contributed by atoms with Crippen LogP contribution in [0.5, 0.6) is 0 Å². The Bertz CT molecular complexity index is 293. The van der Waals surface area contributed by atoms with Crippen LogP contribution in [0.2, 0.25) is 0 Å². The zero-order valence-electron chi connectivity index (χ0n) is 8.95. The Morgan fingerprint density at radius 1 is 1.13 bits per heavy atom. The van der Waals surface area contributed by atoms with Gasteiger partial charge in [-0.3, -0.25) is 0 Å². The predicted octanol–water partition coefficient (Wildman–Crippen LogP) is 3.18. The highest BCUT2D eigenvalue weighted by Crippen LogP contribution is 2.21. The first kappa shape index (κ1) is 12.1. The minimum Gasteiger partial charge on any atom is -0.382 e. The highest BCUT2D eigenvalue weighted by atomic mass is 19.3. The van der Waals surface area contributed by atoms with E-state index in [-0.39, 0.29) is 5.56 Å². The van der Waals surface area contributed by atoms with Gasteiger partial charge in [-0.1, -0.05) is 38.1 Å². The molecule has 1 aromatic rings. The van der Waals surface area contributed by atoms with Crippen LogP contribution in [0.25, 0.3) is 0 Å². The molecule has 0 saturated heterocycles. The monoisotopic (exact) mass is 214 g/mol. The lowest BCUT2D eigenvalue weighted by molar-refractivity contribution is -0.00578. The number of alkyl halides is 2. The van der Waals surface area contributed by atoms with E-state index in [1.165, 1.54) is 0 Å². The maximum atomic E-state index is 12.2. The molecule has 1 unspecified atom stereocenters. The van der Waals surface area contributed by atoms with Gasteiger partial charge in [-0.25, -0.2) is 8.78 Å². The molecule has 0 aliphatic rings.